The van der Waals surface area contributed by atoms with Crippen molar-refractivity contribution in [2.24, 2.45) is 5.14 Å². The van der Waals surface area contributed by atoms with Crippen molar-refractivity contribution in [2.45, 2.75) is 39.5 Å². The highest BCUT2D eigenvalue weighted by Gasteiger charge is 2.11. The molecule has 0 aliphatic carbocycles. The van der Waals surface area contributed by atoms with E-state index in [0.29, 0.717) is 11.8 Å². The smallest absolute Gasteiger partial charge is 0.0964 e. The fourth-order valence-electron chi connectivity index (χ4n) is 1.70. The van der Waals surface area contributed by atoms with Crippen LogP contribution in [0.1, 0.15) is 50.1 Å². The number of nitrogens with two attached hydrogens (primary N) is 1. The summed E-state index contributed by atoms with van der Waals surface area (Å²) in [6.07, 6.45) is 0. The minimum absolute atomic E-state index is 0.530. The van der Waals surface area contributed by atoms with Crippen molar-refractivity contribution >= 4 is 34.4 Å². The maximum Gasteiger partial charge on any atom is 0.0964 e. The van der Waals surface area contributed by atoms with E-state index >= 15 is 0 Å². The van der Waals surface area contributed by atoms with Gasteiger partial charge in [0, 0.05) is 5.92 Å². The highest BCUT2D eigenvalue weighted by molar-refractivity contribution is 7.77. The van der Waals surface area contributed by atoms with Gasteiger partial charge in [0.25, 0.3) is 0 Å². The van der Waals surface area contributed by atoms with Crippen LogP contribution in [-0.2, 0) is 0 Å². The topological polar surface area (TPSA) is 38.9 Å². The molecule has 1 heterocycles. The van der Waals surface area contributed by atoms with Gasteiger partial charge in [0.15, 0.2) is 0 Å². The number of hydrogen-bond donors (Lipinski definition) is 2. The number of rotatable bonds is 2. The lowest BCUT2D eigenvalue weighted by atomic mass is 10.0. The predicted octanol–water partition coefficient (Wildman–Crippen LogP) is 4.33. The van der Waals surface area contributed by atoms with E-state index in [1.807, 2.05) is 11.3 Å². The van der Waals surface area contributed by atoms with E-state index in [2.05, 4.69) is 63.8 Å². The van der Waals surface area contributed by atoms with Gasteiger partial charge in [-0.1, -0.05) is 39.8 Å². The fraction of sp³-hybridized carbons (Fsp3) is 0.462. The summed E-state index contributed by atoms with van der Waals surface area (Å²) in [4.78, 5) is 4.75. The van der Waals surface area contributed by atoms with Gasteiger partial charge in [-0.15, -0.1) is 24.2 Å². The molecule has 2 rings (SSSR count). The number of thiol groups is 1. The molecule has 1 aromatic carbocycles. The molecule has 2 N–H and O–H groups in total. The Hall–Kier alpha value is -0.580. The van der Waals surface area contributed by atoms with Crippen LogP contribution in [0.2, 0.25) is 0 Å². The fourth-order valence-corrected chi connectivity index (χ4v) is 2.70. The van der Waals surface area contributed by atoms with Crippen molar-refractivity contribution < 1.29 is 0 Å². The Morgan fingerprint density at radius 2 is 1.76 bits per heavy atom. The largest absolute Gasteiger partial charge is 0.281 e. The van der Waals surface area contributed by atoms with Crippen LogP contribution in [0.25, 0.3) is 10.2 Å². The van der Waals surface area contributed by atoms with Gasteiger partial charge in [-0.2, -0.15) is 0 Å². The molecule has 0 aliphatic rings. The third-order valence-corrected chi connectivity index (χ3v) is 3.90. The van der Waals surface area contributed by atoms with Gasteiger partial charge in [0.05, 0.1) is 15.2 Å². The molecule has 2 nitrogen and oxygen atoms in total. The number of para-hydroxylation sites is 1. The zero-order chi connectivity index (χ0) is 13.0. The second kappa shape index (κ2) is 6.38. The average Bonchev–Trinajstić information content (AvgIpc) is 2.74. The molecule has 0 saturated heterocycles. The second-order valence-electron chi connectivity index (χ2n) is 4.56. The summed E-state index contributed by atoms with van der Waals surface area (Å²) in [5, 5.41) is 5.44. The van der Waals surface area contributed by atoms with Crippen molar-refractivity contribution in [3.05, 3.63) is 28.8 Å². The van der Waals surface area contributed by atoms with Crippen LogP contribution in [0.15, 0.2) is 18.2 Å². The van der Waals surface area contributed by atoms with E-state index in [-0.39, 0.29) is 0 Å². The first kappa shape index (κ1) is 14.5. The van der Waals surface area contributed by atoms with Gasteiger partial charge in [-0.3, -0.25) is 5.14 Å². The molecule has 0 fully saturated rings. The molecule has 2 aromatic rings. The lowest BCUT2D eigenvalue weighted by Gasteiger charge is -2.04. The lowest BCUT2D eigenvalue weighted by Crippen LogP contribution is -1.89. The van der Waals surface area contributed by atoms with E-state index < -0.39 is 0 Å². The maximum atomic E-state index is 4.75. The summed E-state index contributed by atoms with van der Waals surface area (Å²) in [5.74, 6) is 1.08. The molecule has 0 spiro atoms. The van der Waals surface area contributed by atoms with Crippen molar-refractivity contribution in [1.82, 2.24) is 4.98 Å². The van der Waals surface area contributed by atoms with Crippen LogP contribution in [0, 0.1) is 0 Å². The number of thiazole rings is 1. The first-order valence-electron chi connectivity index (χ1n) is 5.74. The summed E-state index contributed by atoms with van der Waals surface area (Å²) in [6.45, 7) is 8.85. The van der Waals surface area contributed by atoms with Crippen LogP contribution in [0.4, 0.5) is 0 Å². The molecule has 4 heteroatoms. The third kappa shape index (κ3) is 3.21. The maximum absolute atomic E-state index is 4.75. The SMILES string of the molecule is CC(C)c1nc2c(C(C)C)cccc2s1.NS. The van der Waals surface area contributed by atoms with E-state index in [0.717, 1.165) is 0 Å². The predicted molar refractivity (Wildman–Crippen MR) is 81.0 cm³/mol. The van der Waals surface area contributed by atoms with Crippen molar-refractivity contribution in [3.8, 4) is 0 Å². The first-order valence-corrected chi connectivity index (χ1v) is 7.08. The Morgan fingerprint density at radius 3 is 2.29 bits per heavy atom. The van der Waals surface area contributed by atoms with Gasteiger partial charge in [-0.25, -0.2) is 4.98 Å². The summed E-state index contributed by atoms with van der Waals surface area (Å²) in [6, 6.07) is 6.50. The molecule has 17 heavy (non-hydrogen) atoms. The lowest BCUT2D eigenvalue weighted by molar-refractivity contribution is 0.847. The molecule has 0 aliphatic heterocycles. The third-order valence-electron chi connectivity index (χ3n) is 2.58. The van der Waals surface area contributed by atoms with Crippen molar-refractivity contribution in [3.63, 3.8) is 0 Å². The summed E-state index contributed by atoms with van der Waals surface area (Å²) in [5.41, 5.74) is 2.58. The van der Waals surface area contributed by atoms with Gasteiger partial charge in [-0.05, 0) is 17.5 Å². The van der Waals surface area contributed by atoms with Crippen LogP contribution >= 0.6 is 24.2 Å². The summed E-state index contributed by atoms with van der Waals surface area (Å²) >= 11 is 4.85. The van der Waals surface area contributed by atoms with E-state index in [1.165, 1.54) is 20.8 Å². The molecule has 0 radical (unpaired) electrons. The monoisotopic (exact) mass is 268 g/mol. The molecule has 94 valence electrons. The number of nitrogens with zero attached hydrogens (tertiary/aromatic N) is 1. The van der Waals surface area contributed by atoms with Crippen molar-refractivity contribution in [1.29, 1.82) is 0 Å². The highest BCUT2D eigenvalue weighted by atomic mass is 32.1. The molecule has 0 saturated carbocycles. The number of fused-ring (bicyclic) bond motifs is 1. The Balaban J connectivity index is 0.000000686. The van der Waals surface area contributed by atoms with Gasteiger partial charge >= 0.3 is 0 Å². The van der Waals surface area contributed by atoms with E-state index in [4.69, 9.17) is 4.98 Å². The summed E-state index contributed by atoms with van der Waals surface area (Å²) in [7, 11) is 0. The minimum atomic E-state index is 0.530. The van der Waals surface area contributed by atoms with Crippen molar-refractivity contribution in [2.75, 3.05) is 0 Å². The first-order chi connectivity index (χ1) is 8.09. The molecule has 0 bridgehead atoms. The molecule has 0 amide bonds. The quantitative estimate of drug-likeness (QED) is 0.796. The number of aromatic nitrogens is 1. The summed E-state index contributed by atoms with van der Waals surface area (Å²) < 4.78 is 1.32. The minimum Gasteiger partial charge on any atom is -0.281 e. The Kier molecular flexibility index (Phi) is 5.43. The van der Waals surface area contributed by atoms with Crippen LogP contribution in [-0.4, -0.2) is 4.98 Å². The molecular weight excluding hydrogens is 248 g/mol. The zero-order valence-corrected chi connectivity index (χ0v) is 12.5. The van der Waals surface area contributed by atoms with Crippen LogP contribution < -0.4 is 5.14 Å². The Morgan fingerprint density at radius 1 is 1.12 bits per heavy atom. The second-order valence-corrected chi connectivity index (χ2v) is 5.62. The van der Waals surface area contributed by atoms with E-state index in [1.54, 1.807) is 0 Å². The number of hydrogen-bond acceptors (Lipinski definition) is 4. The molecule has 0 atom stereocenters. The van der Waals surface area contributed by atoms with Crippen LogP contribution in [0.5, 0.6) is 0 Å². The average molecular weight is 268 g/mol. The normalized spacial score (nSPS) is 10.8. The Labute approximate surface area is 113 Å². The number of benzene rings is 1. The highest BCUT2D eigenvalue weighted by Crippen LogP contribution is 2.31. The molecule has 0 unspecified atom stereocenters. The molecular formula is C13H20N2S2. The van der Waals surface area contributed by atoms with Gasteiger partial charge in [0.1, 0.15) is 0 Å². The Bertz CT molecular complexity index is 475. The van der Waals surface area contributed by atoms with Crippen LogP contribution in [0.3, 0.4) is 0 Å². The van der Waals surface area contributed by atoms with Gasteiger partial charge < -0.3 is 0 Å². The van der Waals surface area contributed by atoms with Gasteiger partial charge in [0.2, 0.25) is 0 Å². The zero-order valence-electron chi connectivity index (χ0n) is 10.8. The van der Waals surface area contributed by atoms with E-state index in [9.17, 15) is 0 Å². The standard InChI is InChI=1S/C13H17NS.H3NS/c1-8(2)10-6-5-7-11-12(10)14-13(15-11)9(3)4;1-2/h5-9H,1-4H3;2H,1H2. The molecule has 1 aromatic heterocycles.